The molecule has 3 heterocycles. The molecule has 0 N–H and O–H groups in total. The minimum atomic E-state index is -0.0396. The Morgan fingerprint density at radius 1 is 0.935 bits per heavy atom. The van der Waals surface area contributed by atoms with Crippen LogP contribution in [0.2, 0.25) is 0 Å². The number of nitrogens with zero attached hydrogens (tertiary/aromatic N) is 3. The number of hydrogen-bond donors (Lipinski definition) is 0. The molecule has 1 atom stereocenters. The van der Waals surface area contributed by atoms with Crippen LogP contribution in [-0.2, 0) is 4.79 Å². The van der Waals surface area contributed by atoms with Gasteiger partial charge in [0.15, 0.2) is 11.5 Å². The topological polar surface area (TPSA) is 72.0 Å². The molecule has 2 saturated heterocycles. The van der Waals surface area contributed by atoms with Gasteiger partial charge in [0.25, 0.3) is 5.91 Å². The fourth-order valence-electron chi connectivity index (χ4n) is 4.68. The summed E-state index contributed by atoms with van der Waals surface area (Å²) in [5.74, 6) is 1.55. The third kappa shape index (κ3) is 4.36. The van der Waals surface area contributed by atoms with Crippen LogP contribution >= 0.6 is 0 Å². The van der Waals surface area contributed by atoms with Gasteiger partial charge in [-0.25, -0.2) is 0 Å². The average molecular weight is 424 g/mol. The maximum atomic E-state index is 13.4. The summed E-state index contributed by atoms with van der Waals surface area (Å²) < 4.78 is 10.8. The maximum absolute atomic E-state index is 13.4. The van der Waals surface area contributed by atoms with Crippen molar-refractivity contribution in [2.45, 2.75) is 31.7 Å². The van der Waals surface area contributed by atoms with Gasteiger partial charge in [-0.2, -0.15) is 0 Å². The van der Waals surface area contributed by atoms with Gasteiger partial charge in [0.05, 0.1) is 20.3 Å². The van der Waals surface area contributed by atoms with E-state index in [0.717, 1.165) is 24.9 Å². The predicted octanol–water partition coefficient (Wildman–Crippen LogP) is 3.31. The van der Waals surface area contributed by atoms with E-state index in [9.17, 15) is 9.59 Å². The zero-order valence-corrected chi connectivity index (χ0v) is 18.1. The van der Waals surface area contributed by atoms with Crippen LogP contribution in [0, 0.1) is 5.92 Å². The second-order valence-corrected chi connectivity index (χ2v) is 8.11. The third-order valence-electron chi connectivity index (χ3n) is 6.39. The lowest BCUT2D eigenvalue weighted by molar-refractivity contribution is -0.137. The molecule has 2 amide bonds. The Morgan fingerprint density at radius 3 is 2.32 bits per heavy atom. The highest BCUT2D eigenvalue weighted by Gasteiger charge is 2.36. The van der Waals surface area contributed by atoms with Crippen molar-refractivity contribution in [2.24, 2.45) is 5.92 Å². The van der Waals surface area contributed by atoms with Crippen LogP contribution in [0.15, 0.2) is 42.7 Å². The number of rotatable bonds is 5. The molecule has 7 heteroatoms. The highest BCUT2D eigenvalue weighted by Crippen LogP contribution is 2.38. The number of ether oxygens (including phenoxy) is 2. The molecule has 2 aliphatic rings. The first-order valence-corrected chi connectivity index (χ1v) is 10.8. The van der Waals surface area contributed by atoms with Crippen LogP contribution in [0.5, 0.6) is 11.5 Å². The molecule has 7 nitrogen and oxygen atoms in total. The van der Waals surface area contributed by atoms with Crippen molar-refractivity contribution in [3.05, 3.63) is 53.9 Å². The standard InChI is InChI=1S/C24H29N3O4/c1-30-21-6-5-19(16-22(21)31-2)20-4-3-13-27(20)24(29)18-9-14-26(15-10-18)23(28)17-7-11-25-12-8-17/h5-8,11-12,16,18,20H,3-4,9-10,13-15H2,1-2H3/t20-/m1/s1. The van der Waals surface area contributed by atoms with Crippen LogP contribution < -0.4 is 9.47 Å². The van der Waals surface area contributed by atoms with E-state index in [1.165, 1.54) is 0 Å². The van der Waals surface area contributed by atoms with Gasteiger partial charge in [0, 0.05) is 43.5 Å². The predicted molar refractivity (Wildman–Crippen MR) is 116 cm³/mol. The summed E-state index contributed by atoms with van der Waals surface area (Å²) in [4.78, 5) is 33.9. The van der Waals surface area contributed by atoms with Crippen molar-refractivity contribution in [2.75, 3.05) is 33.9 Å². The Morgan fingerprint density at radius 2 is 1.65 bits per heavy atom. The lowest BCUT2D eigenvalue weighted by Gasteiger charge is -2.35. The van der Waals surface area contributed by atoms with E-state index in [1.54, 1.807) is 38.7 Å². The molecule has 2 aromatic rings. The van der Waals surface area contributed by atoms with E-state index >= 15 is 0 Å². The molecule has 0 radical (unpaired) electrons. The molecule has 1 aromatic carbocycles. The quantitative estimate of drug-likeness (QED) is 0.738. The highest BCUT2D eigenvalue weighted by molar-refractivity contribution is 5.94. The van der Waals surface area contributed by atoms with Crippen molar-refractivity contribution in [1.29, 1.82) is 0 Å². The second-order valence-electron chi connectivity index (χ2n) is 8.11. The second kappa shape index (κ2) is 9.37. The molecular weight excluding hydrogens is 394 g/mol. The maximum Gasteiger partial charge on any atom is 0.253 e. The van der Waals surface area contributed by atoms with Gasteiger partial charge < -0.3 is 19.3 Å². The van der Waals surface area contributed by atoms with Crippen molar-refractivity contribution < 1.29 is 19.1 Å². The van der Waals surface area contributed by atoms with Crippen LogP contribution in [0.25, 0.3) is 0 Å². The molecule has 2 fully saturated rings. The molecule has 0 saturated carbocycles. The molecule has 2 aliphatic heterocycles. The Balaban J connectivity index is 1.41. The first kappa shape index (κ1) is 21.2. The third-order valence-corrected chi connectivity index (χ3v) is 6.39. The summed E-state index contributed by atoms with van der Waals surface area (Å²) in [7, 11) is 3.24. The highest BCUT2D eigenvalue weighted by atomic mass is 16.5. The van der Waals surface area contributed by atoms with Gasteiger partial charge in [0.2, 0.25) is 5.91 Å². The number of hydrogen-bond acceptors (Lipinski definition) is 5. The largest absolute Gasteiger partial charge is 0.493 e. The first-order valence-electron chi connectivity index (χ1n) is 10.8. The number of pyridine rings is 1. The fourth-order valence-corrected chi connectivity index (χ4v) is 4.68. The molecule has 0 aliphatic carbocycles. The van der Waals surface area contributed by atoms with Gasteiger partial charge in [0.1, 0.15) is 0 Å². The summed E-state index contributed by atoms with van der Waals surface area (Å²) in [6.07, 6.45) is 6.59. The van der Waals surface area contributed by atoms with E-state index < -0.39 is 0 Å². The fraction of sp³-hybridized carbons (Fsp3) is 0.458. The molecular formula is C24H29N3O4. The van der Waals surface area contributed by atoms with Crippen LogP contribution in [-0.4, -0.2) is 60.5 Å². The van der Waals surface area contributed by atoms with Gasteiger partial charge in [-0.3, -0.25) is 14.6 Å². The van der Waals surface area contributed by atoms with E-state index in [-0.39, 0.29) is 23.8 Å². The summed E-state index contributed by atoms with van der Waals surface area (Å²) in [6, 6.07) is 9.43. The molecule has 164 valence electrons. The van der Waals surface area contributed by atoms with Crippen molar-refractivity contribution in [1.82, 2.24) is 14.8 Å². The van der Waals surface area contributed by atoms with Crippen LogP contribution in [0.1, 0.15) is 47.6 Å². The smallest absolute Gasteiger partial charge is 0.253 e. The first-order chi connectivity index (χ1) is 15.1. The van der Waals surface area contributed by atoms with Gasteiger partial charge in [-0.05, 0) is 55.5 Å². The minimum absolute atomic E-state index is 0.0117. The number of benzene rings is 1. The minimum Gasteiger partial charge on any atom is -0.493 e. The summed E-state index contributed by atoms with van der Waals surface area (Å²) in [5, 5.41) is 0. The Hall–Kier alpha value is -3.09. The summed E-state index contributed by atoms with van der Waals surface area (Å²) in [5.41, 5.74) is 1.72. The Labute approximate surface area is 183 Å². The van der Waals surface area contributed by atoms with Crippen molar-refractivity contribution in [3.8, 4) is 11.5 Å². The number of likely N-dealkylation sites (tertiary alicyclic amines) is 2. The van der Waals surface area contributed by atoms with Crippen LogP contribution in [0.4, 0.5) is 0 Å². The van der Waals surface area contributed by atoms with E-state index in [4.69, 9.17) is 9.47 Å². The Bertz CT molecular complexity index is 926. The van der Waals surface area contributed by atoms with Crippen molar-refractivity contribution >= 4 is 11.8 Å². The number of carbonyl (C=O) groups is 2. The monoisotopic (exact) mass is 423 g/mol. The zero-order chi connectivity index (χ0) is 21.8. The molecule has 0 unspecified atom stereocenters. The van der Waals surface area contributed by atoms with Gasteiger partial charge in [-0.1, -0.05) is 6.07 Å². The number of carbonyl (C=O) groups excluding carboxylic acids is 2. The number of aromatic nitrogens is 1. The summed E-state index contributed by atoms with van der Waals surface area (Å²) in [6.45, 7) is 1.98. The molecule has 31 heavy (non-hydrogen) atoms. The normalized spacial score (nSPS) is 19.4. The average Bonchev–Trinajstić information content (AvgIpc) is 3.33. The van der Waals surface area contributed by atoms with Crippen molar-refractivity contribution in [3.63, 3.8) is 0 Å². The number of amides is 2. The van der Waals surface area contributed by atoms with Gasteiger partial charge in [-0.15, -0.1) is 0 Å². The van der Waals surface area contributed by atoms with E-state index in [1.807, 2.05) is 28.0 Å². The van der Waals surface area contributed by atoms with E-state index in [2.05, 4.69) is 4.98 Å². The van der Waals surface area contributed by atoms with E-state index in [0.29, 0.717) is 43.0 Å². The SMILES string of the molecule is COc1ccc([C@H]2CCCN2C(=O)C2CCN(C(=O)c3ccncc3)CC2)cc1OC. The Kier molecular flexibility index (Phi) is 6.39. The lowest BCUT2D eigenvalue weighted by Crippen LogP contribution is -2.44. The summed E-state index contributed by atoms with van der Waals surface area (Å²) >= 11 is 0. The number of piperidine rings is 1. The number of methoxy groups -OCH3 is 2. The van der Waals surface area contributed by atoms with Crippen LogP contribution in [0.3, 0.4) is 0 Å². The lowest BCUT2D eigenvalue weighted by atomic mass is 9.93. The molecule has 4 rings (SSSR count). The molecule has 1 aromatic heterocycles. The zero-order valence-electron chi connectivity index (χ0n) is 18.1. The molecule has 0 spiro atoms. The van der Waals surface area contributed by atoms with Gasteiger partial charge >= 0.3 is 0 Å². The molecule has 0 bridgehead atoms.